The van der Waals surface area contributed by atoms with Crippen LogP contribution in [-0.2, 0) is 6.54 Å². The SMILES string of the molecule is Cc1nn(Cc2ccccc2F)c(C)c1NC(=S)Nc1ccc(Cl)cc1Cl. The second kappa shape index (κ2) is 8.25. The number of halogens is 3. The average Bonchev–Trinajstić information content (AvgIpc) is 2.87. The third-order valence-corrected chi connectivity index (χ3v) is 4.83. The summed E-state index contributed by atoms with van der Waals surface area (Å²) < 4.78 is 15.7. The highest BCUT2D eigenvalue weighted by Gasteiger charge is 2.14. The molecule has 2 N–H and O–H groups in total. The van der Waals surface area contributed by atoms with E-state index in [1.807, 2.05) is 13.8 Å². The molecule has 27 heavy (non-hydrogen) atoms. The normalized spacial score (nSPS) is 10.7. The number of benzene rings is 2. The van der Waals surface area contributed by atoms with Gasteiger partial charge in [0.05, 0.1) is 34.3 Å². The molecule has 3 aromatic rings. The molecule has 140 valence electrons. The summed E-state index contributed by atoms with van der Waals surface area (Å²) in [5.41, 5.74) is 3.60. The van der Waals surface area contributed by atoms with Gasteiger partial charge in [0.15, 0.2) is 5.11 Å². The maximum absolute atomic E-state index is 13.9. The third-order valence-electron chi connectivity index (χ3n) is 4.08. The standard InChI is InChI=1S/C19H17Cl2FN4S/c1-11-18(24-19(27)23-17-8-7-14(20)9-15(17)21)12(2)26(25-11)10-13-5-3-4-6-16(13)22/h3-9H,10H2,1-2H3,(H2,23,24,27). The molecule has 0 aliphatic carbocycles. The van der Waals surface area contributed by atoms with E-state index < -0.39 is 0 Å². The Morgan fingerprint density at radius 1 is 1.15 bits per heavy atom. The van der Waals surface area contributed by atoms with E-state index in [4.69, 9.17) is 35.4 Å². The van der Waals surface area contributed by atoms with Crippen LogP contribution in [-0.4, -0.2) is 14.9 Å². The van der Waals surface area contributed by atoms with E-state index in [1.165, 1.54) is 6.07 Å². The molecule has 0 saturated carbocycles. The molecule has 3 rings (SSSR count). The van der Waals surface area contributed by atoms with Crippen molar-refractivity contribution in [3.8, 4) is 0 Å². The van der Waals surface area contributed by atoms with Crippen molar-refractivity contribution in [2.24, 2.45) is 0 Å². The van der Waals surface area contributed by atoms with Crippen molar-refractivity contribution in [1.29, 1.82) is 0 Å². The van der Waals surface area contributed by atoms with Gasteiger partial charge in [0.2, 0.25) is 0 Å². The fraction of sp³-hybridized carbons (Fsp3) is 0.158. The zero-order valence-corrected chi connectivity index (χ0v) is 17.0. The van der Waals surface area contributed by atoms with Crippen LogP contribution in [0.2, 0.25) is 10.0 Å². The van der Waals surface area contributed by atoms with Gasteiger partial charge in [0.1, 0.15) is 5.82 Å². The fourth-order valence-electron chi connectivity index (χ4n) is 2.68. The molecule has 2 aromatic carbocycles. The first-order chi connectivity index (χ1) is 12.8. The van der Waals surface area contributed by atoms with Crippen LogP contribution in [0.4, 0.5) is 15.8 Å². The minimum Gasteiger partial charge on any atom is -0.331 e. The minimum absolute atomic E-state index is 0.255. The highest BCUT2D eigenvalue weighted by Crippen LogP contribution is 2.26. The van der Waals surface area contributed by atoms with Crippen molar-refractivity contribution >= 4 is 51.9 Å². The first-order valence-corrected chi connectivity index (χ1v) is 9.32. The lowest BCUT2D eigenvalue weighted by Crippen LogP contribution is -2.20. The summed E-state index contributed by atoms with van der Waals surface area (Å²) >= 11 is 17.4. The van der Waals surface area contributed by atoms with Crippen molar-refractivity contribution in [3.63, 3.8) is 0 Å². The summed E-state index contributed by atoms with van der Waals surface area (Å²) in [5.74, 6) is -0.255. The number of aromatic nitrogens is 2. The van der Waals surface area contributed by atoms with Crippen LogP contribution < -0.4 is 10.6 Å². The Kier molecular flexibility index (Phi) is 5.99. The Morgan fingerprint density at radius 3 is 2.59 bits per heavy atom. The lowest BCUT2D eigenvalue weighted by molar-refractivity contribution is 0.579. The van der Waals surface area contributed by atoms with Crippen LogP contribution in [0.15, 0.2) is 42.5 Å². The predicted octanol–water partition coefficient (Wildman–Crippen LogP) is 5.80. The number of hydrogen-bond acceptors (Lipinski definition) is 2. The highest BCUT2D eigenvalue weighted by atomic mass is 35.5. The van der Waals surface area contributed by atoms with Gasteiger partial charge in [-0.2, -0.15) is 5.10 Å². The smallest absolute Gasteiger partial charge is 0.175 e. The monoisotopic (exact) mass is 422 g/mol. The Hall–Kier alpha value is -2.15. The molecule has 0 spiro atoms. The molecule has 0 fully saturated rings. The van der Waals surface area contributed by atoms with E-state index in [0.29, 0.717) is 33.0 Å². The third kappa shape index (κ3) is 4.58. The number of rotatable bonds is 4. The fourth-order valence-corrected chi connectivity index (χ4v) is 3.35. The summed E-state index contributed by atoms with van der Waals surface area (Å²) in [6.07, 6.45) is 0. The number of anilines is 2. The topological polar surface area (TPSA) is 41.9 Å². The molecule has 0 amide bonds. The molecule has 0 aliphatic heterocycles. The van der Waals surface area contributed by atoms with Crippen LogP contribution in [0.1, 0.15) is 17.0 Å². The molecule has 1 heterocycles. The molecule has 4 nitrogen and oxygen atoms in total. The van der Waals surface area contributed by atoms with Crippen LogP contribution >= 0.6 is 35.4 Å². The summed E-state index contributed by atoms with van der Waals surface area (Å²) in [5, 5.41) is 12.1. The van der Waals surface area contributed by atoms with Gasteiger partial charge in [-0.05, 0) is 50.3 Å². The molecular weight excluding hydrogens is 406 g/mol. The second-order valence-corrected chi connectivity index (χ2v) is 7.25. The summed E-state index contributed by atoms with van der Waals surface area (Å²) in [4.78, 5) is 0. The largest absolute Gasteiger partial charge is 0.331 e. The van der Waals surface area contributed by atoms with Crippen LogP contribution in [0, 0.1) is 19.7 Å². The van der Waals surface area contributed by atoms with E-state index in [0.717, 1.165) is 17.1 Å². The summed E-state index contributed by atoms with van der Waals surface area (Å²) in [6, 6.07) is 11.8. The molecule has 0 atom stereocenters. The zero-order chi connectivity index (χ0) is 19.6. The maximum atomic E-state index is 13.9. The van der Waals surface area contributed by atoms with Gasteiger partial charge in [-0.3, -0.25) is 4.68 Å². The molecule has 0 aliphatic rings. The van der Waals surface area contributed by atoms with E-state index >= 15 is 0 Å². The Labute approximate surface area is 172 Å². The lowest BCUT2D eigenvalue weighted by Gasteiger charge is -2.12. The van der Waals surface area contributed by atoms with Crippen molar-refractivity contribution in [1.82, 2.24) is 9.78 Å². The van der Waals surface area contributed by atoms with Gasteiger partial charge < -0.3 is 10.6 Å². The first kappa shape index (κ1) is 19.6. The van der Waals surface area contributed by atoms with E-state index in [-0.39, 0.29) is 5.82 Å². The van der Waals surface area contributed by atoms with Crippen LogP contribution in [0.5, 0.6) is 0 Å². The van der Waals surface area contributed by atoms with E-state index in [9.17, 15) is 4.39 Å². The van der Waals surface area contributed by atoms with Gasteiger partial charge in [-0.15, -0.1) is 0 Å². The molecule has 0 saturated heterocycles. The molecular formula is C19H17Cl2FN4S. The zero-order valence-electron chi connectivity index (χ0n) is 14.7. The Bertz CT molecular complexity index is 1000. The Balaban J connectivity index is 1.76. The average molecular weight is 423 g/mol. The summed E-state index contributed by atoms with van der Waals surface area (Å²) in [7, 11) is 0. The highest BCUT2D eigenvalue weighted by molar-refractivity contribution is 7.80. The van der Waals surface area contributed by atoms with Crippen molar-refractivity contribution < 1.29 is 4.39 Å². The minimum atomic E-state index is -0.255. The summed E-state index contributed by atoms with van der Waals surface area (Å²) in [6.45, 7) is 4.11. The second-order valence-electron chi connectivity index (χ2n) is 6.00. The molecule has 1 aromatic heterocycles. The number of hydrogen-bond donors (Lipinski definition) is 2. The number of nitrogens with zero attached hydrogens (tertiary/aromatic N) is 2. The lowest BCUT2D eigenvalue weighted by atomic mass is 10.2. The number of nitrogens with one attached hydrogen (secondary N) is 2. The molecule has 0 bridgehead atoms. The first-order valence-electron chi connectivity index (χ1n) is 8.15. The predicted molar refractivity (Wildman–Crippen MR) is 114 cm³/mol. The van der Waals surface area contributed by atoms with Gasteiger partial charge in [0.25, 0.3) is 0 Å². The van der Waals surface area contributed by atoms with Gasteiger partial charge in [0, 0.05) is 10.6 Å². The van der Waals surface area contributed by atoms with E-state index in [2.05, 4.69) is 15.7 Å². The Morgan fingerprint density at radius 2 is 1.89 bits per heavy atom. The molecule has 0 unspecified atom stereocenters. The van der Waals surface area contributed by atoms with Crippen LogP contribution in [0.3, 0.4) is 0 Å². The number of thiocarbonyl (C=S) groups is 1. The molecule has 0 radical (unpaired) electrons. The van der Waals surface area contributed by atoms with Gasteiger partial charge >= 0.3 is 0 Å². The van der Waals surface area contributed by atoms with Crippen molar-refractivity contribution in [2.45, 2.75) is 20.4 Å². The quantitative estimate of drug-likeness (QED) is 0.521. The maximum Gasteiger partial charge on any atom is 0.175 e. The van der Waals surface area contributed by atoms with Crippen molar-refractivity contribution in [3.05, 3.63) is 75.3 Å². The van der Waals surface area contributed by atoms with Gasteiger partial charge in [-0.1, -0.05) is 41.4 Å². The van der Waals surface area contributed by atoms with Crippen LogP contribution in [0.25, 0.3) is 0 Å². The number of aryl methyl sites for hydroxylation is 1. The molecule has 8 heteroatoms. The van der Waals surface area contributed by atoms with Crippen molar-refractivity contribution in [2.75, 3.05) is 10.6 Å². The van der Waals surface area contributed by atoms with E-state index in [1.54, 1.807) is 41.1 Å². The van der Waals surface area contributed by atoms with Gasteiger partial charge in [-0.25, -0.2) is 4.39 Å².